The lowest BCUT2D eigenvalue weighted by molar-refractivity contribution is 0.0695. The Labute approximate surface area is 223 Å². The maximum atomic E-state index is 12.1. The summed E-state index contributed by atoms with van der Waals surface area (Å²) < 4.78 is 10.1. The van der Waals surface area contributed by atoms with Crippen LogP contribution in [0.15, 0.2) is 67.0 Å². The van der Waals surface area contributed by atoms with Crippen molar-refractivity contribution in [3.8, 4) is 22.6 Å². The molecule has 0 radical (unpaired) electrons. The molecule has 0 bridgehead atoms. The SMILES string of the molecule is CC(Oc1cccc(-c2cccc(-n3ccc(C(=O)O)c3C3C[C@@H]3c3cn(C)nn3)c2)c1)C1CCCCC1. The molecule has 2 saturated carbocycles. The highest BCUT2D eigenvalue weighted by Crippen LogP contribution is 2.55. The molecule has 2 aliphatic carbocycles. The van der Waals surface area contributed by atoms with Crippen molar-refractivity contribution in [2.75, 3.05) is 0 Å². The van der Waals surface area contributed by atoms with Crippen LogP contribution in [0.5, 0.6) is 5.75 Å². The van der Waals surface area contributed by atoms with Crippen molar-refractivity contribution in [3.05, 3.63) is 83.9 Å². The first-order valence-corrected chi connectivity index (χ1v) is 13.7. The molecule has 4 aromatic rings. The van der Waals surface area contributed by atoms with Gasteiger partial charge in [-0.1, -0.05) is 48.7 Å². The lowest BCUT2D eigenvalue weighted by atomic mass is 9.86. The quantitative estimate of drug-likeness (QED) is 0.289. The third-order valence-electron chi connectivity index (χ3n) is 8.23. The van der Waals surface area contributed by atoms with Crippen LogP contribution in [-0.2, 0) is 7.05 Å². The minimum atomic E-state index is -0.906. The summed E-state index contributed by atoms with van der Waals surface area (Å²) in [5, 5.41) is 18.3. The van der Waals surface area contributed by atoms with E-state index in [4.69, 9.17) is 4.74 Å². The summed E-state index contributed by atoms with van der Waals surface area (Å²) in [6, 6.07) is 18.3. The number of aromatic nitrogens is 4. The highest BCUT2D eigenvalue weighted by atomic mass is 16.5. The van der Waals surface area contributed by atoms with Crippen molar-refractivity contribution < 1.29 is 14.6 Å². The van der Waals surface area contributed by atoms with Crippen molar-refractivity contribution >= 4 is 5.97 Å². The van der Waals surface area contributed by atoms with E-state index in [0.29, 0.717) is 11.5 Å². The number of aromatic carboxylic acids is 1. The molecule has 2 aromatic heterocycles. The van der Waals surface area contributed by atoms with E-state index in [9.17, 15) is 9.90 Å². The summed E-state index contributed by atoms with van der Waals surface area (Å²) in [6.45, 7) is 2.20. The van der Waals surface area contributed by atoms with Gasteiger partial charge < -0.3 is 14.4 Å². The number of aryl methyl sites for hydroxylation is 1. The number of benzene rings is 2. The van der Waals surface area contributed by atoms with Gasteiger partial charge in [-0.05, 0) is 73.6 Å². The van der Waals surface area contributed by atoms with Crippen molar-refractivity contribution in [3.63, 3.8) is 0 Å². The van der Waals surface area contributed by atoms with Crippen LogP contribution in [0.4, 0.5) is 0 Å². The third kappa shape index (κ3) is 4.85. The van der Waals surface area contributed by atoms with Crippen molar-refractivity contribution in [2.45, 2.75) is 63.4 Å². The van der Waals surface area contributed by atoms with Crippen LogP contribution in [0.1, 0.15) is 79.0 Å². The average Bonchev–Trinajstić information content (AvgIpc) is 3.38. The Hall–Kier alpha value is -3.87. The Morgan fingerprint density at radius 3 is 2.53 bits per heavy atom. The van der Waals surface area contributed by atoms with Gasteiger partial charge in [0.15, 0.2) is 0 Å². The minimum Gasteiger partial charge on any atom is -0.490 e. The number of carboxylic acid groups (broad SMARTS) is 1. The highest BCUT2D eigenvalue weighted by Gasteiger charge is 2.45. The first kappa shape index (κ1) is 24.5. The molecule has 2 unspecified atom stereocenters. The van der Waals surface area contributed by atoms with Gasteiger partial charge in [-0.25, -0.2) is 4.79 Å². The Kier molecular flexibility index (Phi) is 6.52. The van der Waals surface area contributed by atoms with E-state index >= 15 is 0 Å². The standard InChI is InChI=1S/C31H34N4O3/c1-20(21-8-4-3-5-9-21)38-25-13-7-11-23(17-25)22-10-6-12-24(16-22)35-15-14-26(31(36)37)30(35)28-18-27(28)29-19-34(2)33-32-29/h6-7,10-17,19-21,27-28H,3-5,8-9,18H2,1-2H3,(H,36,37)/t20?,27-,28?/m0/s1. The number of carbonyl (C=O) groups is 1. The van der Waals surface area contributed by atoms with Gasteiger partial charge in [0.25, 0.3) is 0 Å². The Morgan fingerprint density at radius 1 is 1.03 bits per heavy atom. The van der Waals surface area contributed by atoms with Gasteiger partial charge in [-0.15, -0.1) is 5.10 Å². The molecule has 6 rings (SSSR count). The first-order chi connectivity index (χ1) is 18.5. The molecule has 2 aromatic carbocycles. The molecule has 2 fully saturated rings. The zero-order valence-electron chi connectivity index (χ0n) is 22.0. The van der Waals surface area contributed by atoms with Gasteiger partial charge in [0.2, 0.25) is 0 Å². The van der Waals surface area contributed by atoms with Crippen molar-refractivity contribution in [2.24, 2.45) is 13.0 Å². The second-order valence-corrected chi connectivity index (χ2v) is 10.9. The van der Waals surface area contributed by atoms with Gasteiger partial charge in [0.05, 0.1) is 17.4 Å². The van der Waals surface area contributed by atoms with Gasteiger partial charge in [0, 0.05) is 42.7 Å². The minimum absolute atomic E-state index is 0.0921. The summed E-state index contributed by atoms with van der Waals surface area (Å²) in [4.78, 5) is 12.1. The van der Waals surface area contributed by atoms with Gasteiger partial charge >= 0.3 is 5.97 Å². The van der Waals surface area contributed by atoms with Crippen LogP contribution in [0, 0.1) is 5.92 Å². The van der Waals surface area contributed by atoms with Gasteiger partial charge in [-0.3, -0.25) is 4.68 Å². The maximum Gasteiger partial charge on any atom is 0.337 e. The van der Waals surface area contributed by atoms with E-state index in [2.05, 4.69) is 41.5 Å². The molecule has 0 amide bonds. The molecule has 7 heteroatoms. The van der Waals surface area contributed by atoms with E-state index < -0.39 is 5.97 Å². The van der Waals surface area contributed by atoms with Gasteiger partial charge in [-0.2, -0.15) is 0 Å². The van der Waals surface area contributed by atoms with E-state index in [-0.39, 0.29) is 17.9 Å². The van der Waals surface area contributed by atoms with Crippen LogP contribution in [0.3, 0.4) is 0 Å². The molecule has 2 heterocycles. The number of ether oxygens (including phenoxy) is 1. The average molecular weight is 511 g/mol. The smallest absolute Gasteiger partial charge is 0.337 e. The summed E-state index contributed by atoms with van der Waals surface area (Å²) in [5.41, 5.74) is 5.17. The maximum absolute atomic E-state index is 12.1. The molecule has 1 N–H and O–H groups in total. The predicted molar refractivity (Wildman–Crippen MR) is 146 cm³/mol. The fraction of sp³-hybridized carbons (Fsp3) is 0.387. The third-order valence-corrected chi connectivity index (χ3v) is 8.23. The zero-order valence-corrected chi connectivity index (χ0v) is 22.0. The number of nitrogens with zero attached hydrogens (tertiary/aromatic N) is 4. The van der Waals surface area contributed by atoms with Crippen molar-refractivity contribution in [1.82, 2.24) is 19.6 Å². The topological polar surface area (TPSA) is 82.2 Å². The van der Waals surface area contributed by atoms with Crippen LogP contribution < -0.4 is 4.74 Å². The summed E-state index contributed by atoms with van der Waals surface area (Å²) in [7, 11) is 1.85. The van der Waals surface area contributed by atoms with Crippen LogP contribution in [0.2, 0.25) is 0 Å². The normalized spacial score (nSPS) is 20.3. The Morgan fingerprint density at radius 2 is 1.79 bits per heavy atom. The first-order valence-electron chi connectivity index (χ1n) is 13.7. The van der Waals surface area contributed by atoms with E-state index in [1.165, 1.54) is 32.1 Å². The number of rotatable bonds is 8. The summed E-state index contributed by atoms with van der Waals surface area (Å²) in [5.74, 6) is 0.884. The van der Waals surface area contributed by atoms with Crippen LogP contribution in [-0.4, -0.2) is 36.7 Å². The number of hydrogen-bond acceptors (Lipinski definition) is 4. The second-order valence-electron chi connectivity index (χ2n) is 10.9. The molecule has 38 heavy (non-hydrogen) atoms. The largest absolute Gasteiger partial charge is 0.490 e. The molecular weight excluding hydrogens is 476 g/mol. The molecule has 7 nitrogen and oxygen atoms in total. The van der Waals surface area contributed by atoms with E-state index in [1.54, 1.807) is 10.7 Å². The number of hydrogen-bond donors (Lipinski definition) is 1. The molecule has 3 atom stereocenters. The molecule has 2 aliphatic rings. The van der Waals surface area contributed by atoms with E-state index in [0.717, 1.165) is 40.4 Å². The highest BCUT2D eigenvalue weighted by molar-refractivity contribution is 5.90. The fourth-order valence-corrected chi connectivity index (χ4v) is 6.09. The lowest BCUT2D eigenvalue weighted by Gasteiger charge is -2.28. The molecular formula is C31H34N4O3. The van der Waals surface area contributed by atoms with Crippen LogP contribution >= 0.6 is 0 Å². The molecule has 196 valence electrons. The second kappa shape index (κ2) is 10.1. The molecule has 0 saturated heterocycles. The molecule has 0 spiro atoms. The fourth-order valence-electron chi connectivity index (χ4n) is 6.09. The van der Waals surface area contributed by atoms with Gasteiger partial charge in [0.1, 0.15) is 5.75 Å². The Bertz CT molecular complexity index is 1450. The zero-order chi connectivity index (χ0) is 26.2. The monoisotopic (exact) mass is 510 g/mol. The lowest BCUT2D eigenvalue weighted by Crippen LogP contribution is -2.25. The van der Waals surface area contributed by atoms with Crippen LogP contribution in [0.25, 0.3) is 16.8 Å². The summed E-state index contributed by atoms with van der Waals surface area (Å²) in [6.07, 6.45) is 11.3. The predicted octanol–water partition coefficient (Wildman–Crippen LogP) is 6.59. The summed E-state index contributed by atoms with van der Waals surface area (Å²) >= 11 is 0. The van der Waals surface area contributed by atoms with Crippen molar-refractivity contribution in [1.29, 1.82) is 0 Å². The number of carboxylic acids is 1. The molecule has 0 aliphatic heterocycles. The van der Waals surface area contributed by atoms with E-state index in [1.807, 2.05) is 48.3 Å². The Balaban J connectivity index is 1.28.